The van der Waals surface area contributed by atoms with Gasteiger partial charge in [-0.25, -0.2) is 8.78 Å². The van der Waals surface area contributed by atoms with Gasteiger partial charge in [-0.2, -0.15) is 0 Å². The van der Waals surface area contributed by atoms with Gasteiger partial charge in [0.05, 0.1) is 16.7 Å². The van der Waals surface area contributed by atoms with Crippen LogP contribution in [-0.2, 0) is 0 Å². The van der Waals surface area contributed by atoms with Crippen LogP contribution in [0.2, 0.25) is 0 Å². The second-order valence-corrected chi connectivity index (χ2v) is 4.84. The molecule has 0 amide bonds. The lowest BCUT2D eigenvalue weighted by Gasteiger charge is -2.07. The summed E-state index contributed by atoms with van der Waals surface area (Å²) < 4.78 is 26.6. The van der Waals surface area contributed by atoms with Crippen molar-refractivity contribution in [2.24, 2.45) is 4.99 Å². The zero-order valence-electron chi connectivity index (χ0n) is 7.56. The molecule has 0 unspecified atom stereocenters. The standard InChI is InChI=1S/C9H7BrF2N2S/c10-5-3-7(12)8(4-6(5)11)14-9-13-1-2-15-9/h3-4H,1-2H2,(H,13,14). The van der Waals surface area contributed by atoms with Gasteiger partial charge in [-0.05, 0) is 22.0 Å². The largest absolute Gasteiger partial charge is 0.333 e. The van der Waals surface area contributed by atoms with E-state index in [1.165, 1.54) is 11.8 Å². The van der Waals surface area contributed by atoms with Crippen molar-refractivity contribution >= 4 is 38.5 Å². The van der Waals surface area contributed by atoms with Crippen molar-refractivity contribution in [3.63, 3.8) is 0 Å². The van der Waals surface area contributed by atoms with Gasteiger partial charge in [0.1, 0.15) is 11.6 Å². The first-order valence-electron chi connectivity index (χ1n) is 4.25. The van der Waals surface area contributed by atoms with Gasteiger partial charge in [-0.3, -0.25) is 4.99 Å². The number of anilines is 1. The summed E-state index contributed by atoms with van der Waals surface area (Å²) in [5.74, 6) is -0.121. The molecule has 0 radical (unpaired) electrons. The maximum Gasteiger partial charge on any atom is 0.161 e. The molecule has 1 heterocycles. The monoisotopic (exact) mass is 292 g/mol. The van der Waals surface area contributed by atoms with E-state index in [4.69, 9.17) is 0 Å². The smallest absolute Gasteiger partial charge is 0.161 e. The number of nitrogens with zero attached hydrogens (tertiary/aromatic N) is 1. The SMILES string of the molecule is Fc1cc(NC2=NCCS2)c(F)cc1Br. The van der Waals surface area contributed by atoms with Crippen molar-refractivity contribution in [1.82, 2.24) is 0 Å². The van der Waals surface area contributed by atoms with E-state index in [-0.39, 0.29) is 10.2 Å². The fourth-order valence-corrected chi connectivity index (χ4v) is 2.20. The highest BCUT2D eigenvalue weighted by Gasteiger charge is 2.12. The molecule has 1 aliphatic rings. The highest BCUT2D eigenvalue weighted by atomic mass is 79.9. The Hall–Kier alpha value is -0.620. The Morgan fingerprint density at radius 3 is 2.80 bits per heavy atom. The van der Waals surface area contributed by atoms with Crippen LogP contribution in [-0.4, -0.2) is 17.5 Å². The van der Waals surface area contributed by atoms with Gasteiger partial charge >= 0.3 is 0 Å². The van der Waals surface area contributed by atoms with Crippen LogP contribution in [0.3, 0.4) is 0 Å². The molecule has 6 heteroatoms. The van der Waals surface area contributed by atoms with E-state index in [9.17, 15) is 8.78 Å². The van der Waals surface area contributed by atoms with Crippen molar-refractivity contribution in [3.8, 4) is 0 Å². The van der Waals surface area contributed by atoms with Crippen LogP contribution >= 0.6 is 27.7 Å². The van der Waals surface area contributed by atoms with Crippen LogP contribution < -0.4 is 5.32 Å². The average molecular weight is 293 g/mol. The van der Waals surface area contributed by atoms with Crippen LogP contribution in [0.1, 0.15) is 0 Å². The van der Waals surface area contributed by atoms with Gasteiger partial charge < -0.3 is 5.32 Å². The average Bonchev–Trinajstić information content (AvgIpc) is 2.67. The summed E-state index contributed by atoms with van der Waals surface area (Å²) in [5.41, 5.74) is 0.115. The van der Waals surface area contributed by atoms with Crippen LogP contribution in [0.25, 0.3) is 0 Å². The number of thioether (sulfide) groups is 1. The maximum atomic E-state index is 13.4. The molecule has 0 aliphatic carbocycles. The minimum atomic E-state index is -0.501. The molecule has 0 saturated heterocycles. The van der Waals surface area contributed by atoms with E-state index >= 15 is 0 Å². The van der Waals surface area contributed by atoms with Crippen molar-refractivity contribution < 1.29 is 8.78 Å². The summed E-state index contributed by atoms with van der Waals surface area (Å²) in [6, 6.07) is 2.21. The number of halogens is 3. The molecule has 1 N–H and O–H groups in total. The predicted molar refractivity (Wildman–Crippen MR) is 62.4 cm³/mol. The van der Waals surface area contributed by atoms with Gasteiger partial charge in [0.25, 0.3) is 0 Å². The molecule has 0 fully saturated rings. The summed E-state index contributed by atoms with van der Waals surface area (Å²) in [7, 11) is 0. The number of benzene rings is 1. The Labute approximate surface area is 98.3 Å². The summed E-state index contributed by atoms with van der Waals surface area (Å²) in [6.45, 7) is 0.716. The van der Waals surface area contributed by atoms with Gasteiger partial charge in [0, 0.05) is 11.8 Å². The highest BCUT2D eigenvalue weighted by Crippen LogP contribution is 2.25. The lowest BCUT2D eigenvalue weighted by atomic mass is 10.3. The summed E-state index contributed by atoms with van der Waals surface area (Å²) in [5, 5.41) is 3.39. The normalized spacial score (nSPS) is 15.3. The second-order valence-electron chi connectivity index (χ2n) is 2.91. The van der Waals surface area contributed by atoms with E-state index in [1.54, 1.807) is 0 Å². The van der Waals surface area contributed by atoms with Crippen molar-refractivity contribution in [2.75, 3.05) is 17.6 Å². The number of hydrogen-bond acceptors (Lipinski definition) is 3. The van der Waals surface area contributed by atoms with Crippen molar-refractivity contribution in [3.05, 3.63) is 28.2 Å². The molecule has 0 spiro atoms. The number of nitrogens with one attached hydrogen (secondary N) is 1. The molecule has 0 bridgehead atoms. The first kappa shape index (κ1) is 10.9. The topological polar surface area (TPSA) is 24.4 Å². The third-order valence-electron chi connectivity index (χ3n) is 1.84. The Morgan fingerprint density at radius 1 is 1.33 bits per heavy atom. The van der Waals surface area contributed by atoms with Gasteiger partial charge in [0.15, 0.2) is 5.17 Å². The number of aliphatic imine (C=N–C) groups is 1. The summed E-state index contributed by atoms with van der Waals surface area (Å²) in [4.78, 5) is 4.09. The molecule has 15 heavy (non-hydrogen) atoms. The first-order valence-corrected chi connectivity index (χ1v) is 6.03. The summed E-state index contributed by atoms with van der Waals surface area (Å²) in [6.07, 6.45) is 0. The Bertz CT molecular complexity index is 423. The van der Waals surface area contributed by atoms with Crippen molar-refractivity contribution in [1.29, 1.82) is 0 Å². The van der Waals surface area contributed by atoms with Crippen LogP contribution in [0, 0.1) is 11.6 Å². The lowest BCUT2D eigenvalue weighted by Crippen LogP contribution is -2.07. The Morgan fingerprint density at radius 2 is 2.13 bits per heavy atom. The molecular formula is C9H7BrF2N2S. The molecule has 2 nitrogen and oxygen atoms in total. The quantitative estimate of drug-likeness (QED) is 0.804. The fraction of sp³-hybridized carbons (Fsp3) is 0.222. The predicted octanol–water partition coefficient (Wildman–Crippen LogP) is 3.24. The number of amidine groups is 1. The van der Waals surface area contributed by atoms with Gasteiger partial charge in [-0.15, -0.1) is 0 Å². The van der Waals surface area contributed by atoms with E-state index in [0.717, 1.165) is 17.9 Å². The minimum absolute atomic E-state index is 0.115. The zero-order chi connectivity index (χ0) is 10.8. The molecule has 0 aromatic heterocycles. The second kappa shape index (κ2) is 4.49. The zero-order valence-corrected chi connectivity index (χ0v) is 9.96. The molecule has 1 aliphatic heterocycles. The summed E-state index contributed by atoms with van der Waals surface area (Å²) >= 11 is 4.41. The molecule has 2 rings (SSSR count). The Kier molecular flexibility index (Phi) is 3.25. The van der Waals surface area contributed by atoms with Crippen LogP contribution in [0.5, 0.6) is 0 Å². The minimum Gasteiger partial charge on any atom is -0.333 e. The van der Waals surface area contributed by atoms with Gasteiger partial charge in [0.2, 0.25) is 0 Å². The Balaban J connectivity index is 2.24. The molecule has 1 aromatic carbocycles. The van der Waals surface area contributed by atoms with E-state index in [2.05, 4.69) is 26.2 Å². The molecule has 80 valence electrons. The lowest BCUT2D eigenvalue weighted by molar-refractivity contribution is 0.598. The first-order chi connectivity index (χ1) is 7.16. The van der Waals surface area contributed by atoms with Crippen molar-refractivity contribution in [2.45, 2.75) is 0 Å². The third kappa shape index (κ3) is 2.49. The molecule has 0 atom stereocenters. The third-order valence-corrected chi connectivity index (χ3v) is 3.34. The maximum absolute atomic E-state index is 13.4. The number of rotatable bonds is 1. The fourth-order valence-electron chi connectivity index (χ4n) is 1.14. The van der Waals surface area contributed by atoms with Crippen LogP contribution in [0.4, 0.5) is 14.5 Å². The molecule has 0 saturated carbocycles. The van der Waals surface area contributed by atoms with E-state index < -0.39 is 11.6 Å². The number of hydrogen-bond donors (Lipinski definition) is 1. The van der Waals surface area contributed by atoms with E-state index in [0.29, 0.717) is 11.7 Å². The van der Waals surface area contributed by atoms with Crippen LogP contribution in [0.15, 0.2) is 21.6 Å². The molecule has 1 aromatic rings. The van der Waals surface area contributed by atoms with Gasteiger partial charge in [-0.1, -0.05) is 11.8 Å². The highest BCUT2D eigenvalue weighted by molar-refractivity contribution is 9.10. The molecular weight excluding hydrogens is 286 g/mol. The van der Waals surface area contributed by atoms with E-state index in [1.807, 2.05) is 0 Å².